The quantitative estimate of drug-likeness (QED) is 0.574. The molecule has 3 N–H and O–H groups in total. The first-order chi connectivity index (χ1) is 4.63. The second kappa shape index (κ2) is 3.77. The molecule has 0 saturated carbocycles. The molecule has 0 aliphatic carbocycles. The van der Waals surface area contributed by atoms with Crippen LogP contribution in [0.5, 0.6) is 0 Å². The van der Waals surface area contributed by atoms with Gasteiger partial charge in [0.1, 0.15) is 0 Å². The molecule has 0 aromatic carbocycles. The number of nitrogens with two attached hydrogens (primary N) is 1. The molecular weight excluding hydrogens is 124 g/mol. The number of likely N-dealkylation sites (N-methyl/N-ethyl adjacent to an activating group) is 1. The average Bonchev–Trinajstić information content (AvgIpc) is 1.90. The van der Waals surface area contributed by atoms with Gasteiger partial charge in [0, 0.05) is 18.4 Å². The van der Waals surface area contributed by atoms with Gasteiger partial charge in [-0.2, -0.15) is 0 Å². The van der Waals surface area contributed by atoms with Crippen molar-refractivity contribution in [1.82, 2.24) is 5.32 Å². The molecule has 10 heavy (non-hydrogen) atoms. The fraction of sp³-hybridized carbons (Fsp3) is 0.250. The molecule has 0 spiro atoms. The van der Waals surface area contributed by atoms with Crippen LogP contribution in [0, 0.1) is 0 Å². The Morgan fingerprint density at radius 3 is 2.20 bits per heavy atom. The maximum Gasteiger partial charge on any atom is 0.0381 e. The molecule has 0 aromatic rings. The van der Waals surface area contributed by atoms with E-state index in [0.29, 0.717) is 5.70 Å². The van der Waals surface area contributed by atoms with Gasteiger partial charge in [0.25, 0.3) is 0 Å². The molecular formula is C8H14N2. The lowest BCUT2D eigenvalue weighted by Crippen LogP contribution is -2.09. The molecule has 0 heterocycles. The Labute approximate surface area is 62.1 Å². The Kier molecular flexibility index (Phi) is 3.33. The molecule has 0 fully saturated rings. The molecule has 0 aliphatic heterocycles. The molecule has 56 valence electrons. The second-order valence-corrected chi connectivity index (χ2v) is 2.02. The molecule has 0 aromatic heterocycles. The summed E-state index contributed by atoms with van der Waals surface area (Å²) in [4.78, 5) is 0. The third-order valence-corrected chi connectivity index (χ3v) is 1.36. The van der Waals surface area contributed by atoms with Crippen molar-refractivity contribution in [2.24, 2.45) is 5.73 Å². The van der Waals surface area contributed by atoms with Crippen LogP contribution in [0.3, 0.4) is 0 Å². The molecule has 2 heteroatoms. The fourth-order valence-electron chi connectivity index (χ4n) is 0.616. The van der Waals surface area contributed by atoms with Crippen LogP contribution in [0.2, 0.25) is 0 Å². The van der Waals surface area contributed by atoms with Gasteiger partial charge in [0.05, 0.1) is 0 Å². The lowest BCUT2D eigenvalue weighted by atomic mass is 10.2. The number of hydrogen-bond donors (Lipinski definition) is 2. The van der Waals surface area contributed by atoms with E-state index in [1.54, 1.807) is 6.08 Å². The summed E-state index contributed by atoms with van der Waals surface area (Å²) in [6.07, 6.45) is 1.72. The number of nitrogens with one attached hydrogen (secondary N) is 1. The summed E-state index contributed by atoms with van der Waals surface area (Å²) in [5.74, 6) is 0. The maximum atomic E-state index is 5.45. The third kappa shape index (κ3) is 1.97. The van der Waals surface area contributed by atoms with Crippen LogP contribution in [0.25, 0.3) is 0 Å². The smallest absolute Gasteiger partial charge is 0.0381 e. The van der Waals surface area contributed by atoms with Crippen molar-refractivity contribution in [2.45, 2.75) is 6.92 Å². The summed E-state index contributed by atoms with van der Waals surface area (Å²) in [5.41, 5.74) is 7.89. The van der Waals surface area contributed by atoms with Crippen LogP contribution >= 0.6 is 0 Å². The summed E-state index contributed by atoms with van der Waals surface area (Å²) < 4.78 is 0. The van der Waals surface area contributed by atoms with Crippen LogP contribution in [0.15, 0.2) is 36.2 Å². The van der Waals surface area contributed by atoms with Gasteiger partial charge < -0.3 is 11.1 Å². The predicted octanol–water partition coefficient (Wildman–Crippen LogP) is 1.14. The molecule has 0 unspecified atom stereocenters. The summed E-state index contributed by atoms with van der Waals surface area (Å²) in [7, 11) is 1.82. The Morgan fingerprint density at radius 2 is 2.10 bits per heavy atom. The van der Waals surface area contributed by atoms with Crippen LogP contribution < -0.4 is 11.1 Å². The largest absolute Gasteiger partial charge is 0.399 e. The normalized spacial score (nSPS) is 11.8. The Hall–Kier alpha value is -1.18. The minimum absolute atomic E-state index is 0.573. The fourth-order valence-corrected chi connectivity index (χ4v) is 0.616. The van der Waals surface area contributed by atoms with Crippen molar-refractivity contribution in [3.63, 3.8) is 0 Å². The van der Waals surface area contributed by atoms with Gasteiger partial charge in [0.2, 0.25) is 0 Å². The van der Waals surface area contributed by atoms with E-state index >= 15 is 0 Å². The van der Waals surface area contributed by atoms with Crippen molar-refractivity contribution in [2.75, 3.05) is 7.05 Å². The SMILES string of the molecule is C=C/C(NC)=C(/C)C(=C)N. The minimum Gasteiger partial charge on any atom is -0.399 e. The molecule has 0 atom stereocenters. The van der Waals surface area contributed by atoms with E-state index in [-0.39, 0.29) is 0 Å². The van der Waals surface area contributed by atoms with Gasteiger partial charge in [-0.15, -0.1) is 0 Å². The molecule has 0 rings (SSSR count). The molecule has 0 aliphatic rings. The predicted molar refractivity (Wildman–Crippen MR) is 45.3 cm³/mol. The van der Waals surface area contributed by atoms with E-state index in [2.05, 4.69) is 18.5 Å². The first kappa shape index (κ1) is 8.82. The highest BCUT2D eigenvalue weighted by molar-refractivity contribution is 5.33. The molecule has 2 nitrogen and oxygen atoms in total. The van der Waals surface area contributed by atoms with Gasteiger partial charge >= 0.3 is 0 Å². The van der Waals surface area contributed by atoms with Crippen LogP contribution in [0.1, 0.15) is 6.92 Å². The standard InChI is InChI=1S/C8H14N2/c1-5-8(10-4)6(2)7(3)9/h5,10H,1,3,9H2,2,4H3/b8-6+. The summed E-state index contributed by atoms with van der Waals surface area (Å²) in [6, 6.07) is 0. The van der Waals surface area contributed by atoms with E-state index in [0.717, 1.165) is 11.3 Å². The van der Waals surface area contributed by atoms with Gasteiger partial charge in [0.15, 0.2) is 0 Å². The summed E-state index contributed by atoms with van der Waals surface area (Å²) >= 11 is 0. The third-order valence-electron chi connectivity index (χ3n) is 1.36. The van der Waals surface area contributed by atoms with Crippen molar-refractivity contribution < 1.29 is 0 Å². The maximum absolute atomic E-state index is 5.45. The summed E-state index contributed by atoms with van der Waals surface area (Å²) in [5, 5.41) is 2.95. The van der Waals surface area contributed by atoms with Crippen LogP contribution in [-0.4, -0.2) is 7.05 Å². The van der Waals surface area contributed by atoms with Gasteiger partial charge in [-0.1, -0.05) is 13.2 Å². The summed E-state index contributed by atoms with van der Waals surface area (Å²) in [6.45, 7) is 9.12. The lowest BCUT2D eigenvalue weighted by molar-refractivity contribution is 1.00. The van der Waals surface area contributed by atoms with E-state index in [1.165, 1.54) is 0 Å². The highest BCUT2D eigenvalue weighted by Gasteiger charge is 1.95. The molecule has 0 amide bonds. The van der Waals surface area contributed by atoms with Gasteiger partial charge in [-0.3, -0.25) is 0 Å². The van der Waals surface area contributed by atoms with Crippen molar-refractivity contribution in [3.8, 4) is 0 Å². The van der Waals surface area contributed by atoms with Gasteiger partial charge in [-0.25, -0.2) is 0 Å². The Balaban J connectivity index is 4.59. The Bertz CT molecular complexity index is 178. The van der Waals surface area contributed by atoms with E-state index in [9.17, 15) is 0 Å². The van der Waals surface area contributed by atoms with Crippen molar-refractivity contribution in [3.05, 3.63) is 36.2 Å². The number of allylic oxidation sites excluding steroid dienone is 2. The van der Waals surface area contributed by atoms with Crippen molar-refractivity contribution >= 4 is 0 Å². The topological polar surface area (TPSA) is 38.0 Å². The number of rotatable bonds is 3. The monoisotopic (exact) mass is 138 g/mol. The zero-order valence-electron chi connectivity index (χ0n) is 6.57. The second-order valence-electron chi connectivity index (χ2n) is 2.02. The van der Waals surface area contributed by atoms with Crippen molar-refractivity contribution in [1.29, 1.82) is 0 Å². The molecule has 0 saturated heterocycles. The average molecular weight is 138 g/mol. The van der Waals surface area contributed by atoms with Crippen LogP contribution in [-0.2, 0) is 0 Å². The van der Waals surface area contributed by atoms with Gasteiger partial charge in [-0.05, 0) is 18.6 Å². The van der Waals surface area contributed by atoms with Crippen LogP contribution in [0.4, 0.5) is 0 Å². The first-order valence-corrected chi connectivity index (χ1v) is 3.09. The molecule has 0 bridgehead atoms. The van der Waals surface area contributed by atoms with E-state index in [1.807, 2.05) is 14.0 Å². The zero-order valence-corrected chi connectivity index (χ0v) is 6.57. The highest BCUT2D eigenvalue weighted by atomic mass is 14.8. The Morgan fingerprint density at radius 1 is 1.60 bits per heavy atom. The van der Waals surface area contributed by atoms with E-state index < -0.39 is 0 Å². The van der Waals surface area contributed by atoms with E-state index in [4.69, 9.17) is 5.73 Å². The minimum atomic E-state index is 0.573. The number of hydrogen-bond acceptors (Lipinski definition) is 2. The lowest BCUT2D eigenvalue weighted by Gasteiger charge is -2.05. The first-order valence-electron chi connectivity index (χ1n) is 3.09. The zero-order chi connectivity index (χ0) is 8.15. The molecule has 0 radical (unpaired) electrons. The highest BCUT2D eigenvalue weighted by Crippen LogP contribution is 2.05.